The van der Waals surface area contributed by atoms with Gasteiger partial charge in [-0.3, -0.25) is 0 Å². The Bertz CT molecular complexity index is 676. The fraction of sp³-hybridized carbons (Fsp3) is 0.333. The lowest BCUT2D eigenvalue weighted by Gasteiger charge is -2.03. The van der Waals surface area contributed by atoms with Crippen LogP contribution in [0.2, 0.25) is 0 Å². The first-order chi connectivity index (χ1) is 10.0. The molecular weight excluding hydrogens is 272 g/mol. The fourth-order valence-electron chi connectivity index (χ4n) is 2.09. The number of carbonyl (C=O) groups is 2. The Kier molecular flexibility index (Phi) is 4.47. The van der Waals surface area contributed by atoms with Crippen LogP contribution in [0, 0.1) is 13.8 Å². The van der Waals surface area contributed by atoms with Gasteiger partial charge in [-0.1, -0.05) is 18.2 Å². The molecule has 1 aromatic heterocycles. The SMILES string of the molecule is Cc1c(C(=O)OCCCNC(N)=O)oc2c(C)cccc12. The third kappa shape index (κ3) is 3.34. The van der Waals surface area contributed by atoms with Crippen LogP contribution in [0.5, 0.6) is 0 Å². The van der Waals surface area contributed by atoms with Gasteiger partial charge >= 0.3 is 12.0 Å². The van der Waals surface area contributed by atoms with Gasteiger partial charge in [0.2, 0.25) is 5.76 Å². The number of benzene rings is 1. The van der Waals surface area contributed by atoms with Crippen molar-refractivity contribution < 1.29 is 18.7 Å². The second-order valence-corrected chi connectivity index (χ2v) is 4.79. The molecule has 21 heavy (non-hydrogen) atoms. The number of ether oxygens (including phenoxy) is 1. The van der Waals surface area contributed by atoms with Crippen LogP contribution in [-0.4, -0.2) is 25.2 Å². The van der Waals surface area contributed by atoms with Crippen LogP contribution in [0.25, 0.3) is 11.0 Å². The van der Waals surface area contributed by atoms with E-state index >= 15 is 0 Å². The maximum absolute atomic E-state index is 12.0. The number of primary amides is 1. The molecule has 0 bridgehead atoms. The van der Waals surface area contributed by atoms with E-state index < -0.39 is 12.0 Å². The van der Waals surface area contributed by atoms with Crippen molar-refractivity contribution in [1.82, 2.24) is 5.32 Å². The number of hydrogen-bond acceptors (Lipinski definition) is 4. The molecule has 112 valence electrons. The monoisotopic (exact) mass is 290 g/mol. The average molecular weight is 290 g/mol. The number of nitrogens with two attached hydrogens (primary N) is 1. The van der Waals surface area contributed by atoms with Crippen LogP contribution in [0.1, 0.15) is 28.1 Å². The molecule has 2 rings (SSSR count). The predicted molar refractivity (Wildman–Crippen MR) is 78.2 cm³/mol. The molecule has 0 radical (unpaired) electrons. The molecule has 6 nitrogen and oxygen atoms in total. The van der Waals surface area contributed by atoms with E-state index in [0.29, 0.717) is 18.5 Å². The van der Waals surface area contributed by atoms with Crippen LogP contribution in [0.15, 0.2) is 22.6 Å². The van der Waals surface area contributed by atoms with Gasteiger partial charge in [0.25, 0.3) is 0 Å². The van der Waals surface area contributed by atoms with Crippen LogP contribution in [0.4, 0.5) is 4.79 Å². The summed E-state index contributed by atoms with van der Waals surface area (Å²) >= 11 is 0. The number of nitrogens with one attached hydrogen (secondary N) is 1. The number of furan rings is 1. The van der Waals surface area contributed by atoms with Gasteiger partial charge < -0.3 is 20.2 Å². The van der Waals surface area contributed by atoms with Gasteiger partial charge in [-0.25, -0.2) is 9.59 Å². The second-order valence-electron chi connectivity index (χ2n) is 4.79. The van der Waals surface area contributed by atoms with E-state index in [9.17, 15) is 9.59 Å². The number of aryl methyl sites for hydroxylation is 2. The van der Waals surface area contributed by atoms with E-state index in [1.165, 1.54) is 0 Å². The zero-order valence-electron chi connectivity index (χ0n) is 12.1. The number of hydrogen-bond donors (Lipinski definition) is 2. The molecule has 1 aromatic carbocycles. The highest BCUT2D eigenvalue weighted by Gasteiger charge is 2.19. The standard InChI is InChI=1S/C15H18N2O4/c1-9-5-3-6-11-10(2)13(21-12(9)11)14(18)20-8-4-7-17-15(16)19/h3,5-6H,4,7-8H2,1-2H3,(H3,16,17,19). The van der Waals surface area contributed by atoms with Crippen molar-refractivity contribution in [2.45, 2.75) is 20.3 Å². The lowest BCUT2D eigenvalue weighted by atomic mass is 10.1. The molecule has 0 aliphatic carbocycles. The quantitative estimate of drug-likeness (QED) is 0.652. The maximum Gasteiger partial charge on any atom is 0.374 e. The highest BCUT2D eigenvalue weighted by molar-refractivity contribution is 5.96. The summed E-state index contributed by atoms with van der Waals surface area (Å²) in [7, 11) is 0. The largest absolute Gasteiger partial charge is 0.460 e. The molecular formula is C15H18N2O4. The Morgan fingerprint density at radius 1 is 1.33 bits per heavy atom. The minimum Gasteiger partial charge on any atom is -0.460 e. The number of esters is 1. The van der Waals surface area contributed by atoms with E-state index in [0.717, 1.165) is 16.5 Å². The fourth-order valence-corrected chi connectivity index (χ4v) is 2.09. The van der Waals surface area contributed by atoms with Gasteiger partial charge in [-0.05, 0) is 25.8 Å². The summed E-state index contributed by atoms with van der Waals surface area (Å²) in [4.78, 5) is 22.5. The number of carbonyl (C=O) groups excluding carboxylic acids is 2. The first-order valence-electron chi connectivity index (χ1n) is 6.70. The van der Waals surface area contributed by atoms with E-state index in [4.69, 9.17) is 14.9 Å². The van der Waals surface area contributed by atoms with E-state index in [2.05, 4.69) is 5.32 Å². The number of urea groups is 1. The molecule has 2 aromatic rings. The second kappa shape index (κ2) is 6.30. The van der Waals surface area contributed by atoms with Crippen molar-refractivity contribution in [3.05, 3.63) is 35.1 Å². The molecule has 0 aliphatic rings. The first-order valence-corrected chi connectivity index (χ1v) is 6.70. The zero-order chi connectivity index (χ0) is 15.4. The van der Waals surface area contributed by atoms with Crippen molar-refractivity contribution in [2.75, 3.05) is 13.2 Å². The lowest BCUT2D eigenvalue weighted by molar-refractivity contribution is 0.0467. The highest BCUT2D eigenvalue weighted by atomic mass is 16.5. The molecule has 0 atom stereocenters. The van der Waals surface area contributed by atoms with Crippen molar-refractivity contribution in [3.63, 3.8) is 0 Å². The first kappa shape index (κ1) is 14.9. The molecule has 6 heteroatoms. The molecule has 3 N–H and O–H groups in total. The normalized spacial score (nSPS) is 10.6. The zero-order valence-corrected chi connectivity index (χ0v) is 12.1. The van der Waals surface area contributed by atoms with Gasteiger partial charge in [0.15, 0.2) is 0 Å². The van der Waals surface area contributed by atoms with Crippen LogP contribution in [0.3, 0.4) is 0 Å². The minimum atomic E-state index is -0.593. The summed E-state index contributed by atoms with van der Waals surface area (Å²) in [5.74, 6) is -0.274. The molecule has 0 fully saturated rings. The number of fused-ring (bicyclic) bond motifs is 1. The summed E-state index contributed by atoms with van der Waals surface area (Å²) < 4.78 is 10.8. The molecule has 1 heterocycles. The molecule has 0 unspecified atom stereocenters. The van der Waals surface area contributed by atoms with E-state index in [1.807, 2.05) is 32.0 Å². The van der Waals surface area contributed by atoms with Crippen molar-refractivity contribution >= 4 is 23.0 Å². The van der Waals surface area contributed by atoms with E-state index in [1.54, 1.807) is 0 Å². The lowest BCUT2D eigenvalue weighted by Crippen LogP contribution is -2.30. The Labute approximate surface area is 122 Å². The van der Waals surface area contributed by atoms with E-state index in [-0.39, 0.29) is 12.4 Å². The third-order valence-corrected chi connectivity index (χ3v) is 3.20. The van der Waals surface area contributed by atoms with Crippen LogP contribution in [-0.2, 0) is 4.74 Å². The smallest absolute Gasteiger partial charge is 0.374 e. The number of amides is 2. The predicted octanol–water partition coefficient (Wildman–Crippen LogP) is 2.26. The molecule has 0 saturated carbocycles. The molecule has 2 amide bonds. The van der Waals surface area contributed by atoms with Gasteiger partial charge in [0, 0.05) is 17.5 Å². The topological polar surface area (TPSA) is 94.6 Å². The van der Waals surface area contributed by atoms with Crippen LogP contribution >= 0.6 is 0 Å². The molecule has 0 saturated heterocycles. The minimum absolute atomic E-state index is 0.189. The molecule has 0 aliphatic heterocycles. The Balaban J connectivity index is 2.01. The van der Waals surface area contributed by atoms with Crippen molar-refractivity contribution in [1.29, 1.82) is 0 Å². The third-order valence-electron chi connectivity index (χ3n) is 3.20. The van der Waals surface area contributed by atoms with Crippen molar-refractivity contribution in [3.8, 4) is 0 Å². The number of para-hydroxylation sites is 1. The summed E-state index contributed by atoms with van der Waals surface area (Å²) in [6.45, 7) is 4.31. The summed E-state index contributed by atoms with van der Waals surface area (Å²) in [5.41, 5.74) is 7.38. The summed E-state index contributed by atoms with van der Waals surface area (Å²) in [6, 6.07) is 5.17. The van der Waals surface area contributed by atoms with Gasteiger partial charge in [-0.2, -0.15) is 0 Å². The summed E-state index contributed by atoms with van der Waals surface area (Å²) in [6.07, 6.45) is 0.493. The van der Waals surface area contributed by atoms with Gasteiger partial charge in [0.05, 0.1) is 6.61 Å². The van der Waals surface area contributed by atoms with Gasteiger partial charge in [0.1, 0.15) is 5.58 Å². The Morgan fingerprint density at radius 3 is 2.76 bits per heavy atom. The molecule has 0 spiro atoms. The highest BCUT2D eigenvalue weighted by Crippen LogP contribution is 2.28. The average Bonchev–Trinajstić information content (AvgIpc) is 2.77. The van der Waals surface area contributed by atoms with Crippen LogP contribution < -0.4 is 11.1 Å². The Hall–Kier alpha value is -2.50. The van der Waals surface area contributed by atoms with Gasteiger partial charge in [-0.15, -0.1) is 0 Å². The van der Waals surface area contributed by atoms with Crippen molar-refractivity contribution in [2.24, 2.45) is 5.73 Å². The summed E-state index contributed by atoms with van der Waals surface area (Å²) in [5, 5.41) is 3.34. The number of rotatable bonds is 5. The maximum atomic E-state index is 12.0. The Morgan fingerprint density at radius 2 is 2.10 bits per heavy atom.